The lowest BCUT2D eigenvalue weighted by Gasteiger charge is -1.99. The van der Waals surface area contributed by atoms with Gasteiger partial charge in [-0.1, -0.05) is 0 Å². The van der Waals surface area contributed by atoms with Crippen LogP contribution in [0.25, 0.3) is 6.08 Å². The Labute approximate surface area is 126 Å². The van der Waals surface area contributed by atoms with E-state index in [2.05, 4.69) is 15.2 Å². The Bertz CT molecular complexity index is 673. The Hall–Kier alpha value is -2.41. The fourth-order valence-electron chi connectivity index (χ4n) is 1.60. The minimum atomic E-state index is -0.399. The van der Waals surface area contributed by atoms with E-state index in [9.17, 15) is 9.59 Å². The van der Waals surface area contributed by atoms with Crippen LogP contribution in [-0.2, 0) is 20.9 Å². The van der Waals surface area contributed by atoms with Crippen molar-refractivity contribution in [2.24, 2.45) is 0 Å². The molecule has 21 heavy (non-hydrogen) atoms. The number of carbonyl (C=O) groups excluding carboxylic acids is 2. The standard InChI is InChI=1S/C14H15N3O3S/c1-10-5-6-21-12(10)3-4-13(18)16-11-7-15-17(8-11)9-14(19)20-2/h3-8H,9H2,1-2H3,(H,16,18)/b4-3+. The van der Waals surface area contributed by atoms with Gasteiger partial charge in [0.1, 0.15) is 6.54 Å². The minimum Gasteiger partial charge on any atom is -0.468 e. The summed E-state index contributed by atoms with van der Waals surface area (Å²) in [6.45, 7) is 2.00. The first-order valence-electron chi connectivity index (χ1n) is 6.21. The van der Waals surface area contributed by atoms with Crippen molar-refractivity contribution in [3.8, 4) is 0 Å². The summed E-state index contributed by atoms with van der Waals surface area (Å²) in [6.07, 6.45) is 6.29. The number of methoxy groups -OCH3 is 1. The maximum atomic E-state index is 11.8. The largest absolute Gasteiger partial charge is 0.468 e. The number of hydrogen-bond acceptors (Lipinski definition) is 5. The fraction of sp³-hybridized carbons (Fsp3) is 0.214. The van der Waals surface area contributed by atoms with Gasteiger partial charge in [0.2, 0.25) is 5.91 Å². The second kappa shape index (κ2) is 6.85. The van der Waals surface area contributed by atoms with Gasteiger partial charge in [-0.25, -0.2) is 0 Å². The lowest BCUT2D eigenvalue weighted by atomic mass is 10.3. The third kappa shape index (κ3) is 4.28. The number of carbonyl (C=O) groups is 2. The zero-order valence-corrected chi connectivity index (χ0v) is 12.5. The number of esters is 1. The van der Waals surface area contributed by atoms with E-state index in [1.165, 1.54) is 24.1 Å². The molecule has 2 heterocycles. The van der Waals surface area contributed by atoms with E-state index < -0.39 is 5.97 Å². The molecule has 2 aromatic heterocycles. The lowest BCUT2D eigenvalue weighted by Crippen LogP contribution is -2.11. The topological polar surface area (TPSA) is 73.2 Å². The SMILES string of the molecule is COC(=O)Cn1cc(NC(=O)/C=C/c2sccc2C)cn1. The monoisotopic (exact) mass is 305 g/mol. The van der Waals surface area contributed by atoms with Crippen molar-refractivity contribution in [1.29, 1.82) is 0 Å². The van der Waals surface area contributed by atoms with E-state index in [1.807, 2.05) is 18.4 Å². The Kier molecular flexibility index (Phi) is 4.89. The molecule has 6 nitrogen and oxygen atoms in total. The Balaban J connectivity index is 1.92. The van der Waals surface area contributed by atoms with E-state index in [0.29, 0.717) is 5.69 Å². The first kappa shape index (κ1) is 15.0. The molecule has 0 saturated heterocycles. The molecule has 1 N–H and O–H groups in total. The molecular weight excluding hydrogens is 290 g/mol. The average molecular weight is 305 g/mol. The highest BCUT2D eigenvalue weighted by molar-refractivity contribution is 7.11. The molecule has 0 bridgehead atoms. The third-order valence-electron chi connectivity index (χ3n) is 2.71. The van der Waals surface area contributed by atoms with Crippen LogP contribution in [0.15, 0.2) is 29.9 Å². The van der Waals surface area contributed by atoms with Gasteiger partial charge in [-0.3, -0.25) is 14.3 Å². The molecule has 0 unspecified atom stereocenters. The summed E-state index contributed by atoms with van der Waals surface area (Å²) in [4.78, 5) is 23.9. The molecule has 1 amide bonds. The third-order valence-corrected chi connectivity index (χ3v) is 3.69. The van der Waals surface area contributed by atoms with Crippen LogP contribution in [0.4, 0.5) is 5.69 Å². The predicted molar refractivity (Wildman–Crippen MR) is 81.0 cm³/mol. The summed E-state index contributed by atoms with van der Waals surface area (Å²) < 4.78 is 5.94. The van der Waals surface area contributed by atoms with Crippen LogP contribution in [0.2, 0.25) is 0 Å². The van der Waals surface area contributed by atoms with Crippen molar-refractivity contribution in [2.75, 3.05) is 12.4 Å². The number of thiophene rings is 1. The van der Waals surface area contributed by atoms with E-state index in [4.69, 9.17) is 0 Å². The van der Waals surface area contributed by atoms with Crippen LogP contribution < -0.4 is 5.32 Å². The summed E-state index contributed by atoms with van der Waals surface area (Å²) in [5.74, 6) is -0.649. The van der Waals surface area contributed by atoms with Crippen LogP contribution >= 0.6 is 11.3 Å². The van der Waals surface area contributed by atoms with E-state index in [1.54, 1.807) is 23.6 Å². The van der Waals surface area contributed by atoms with Crippen molar-refractivity contribution in [2.45, 2.75) is 13.5 Å². The van der Waals surface area contributed by atoms with Crippen LogP contribution in [0.3, 0.4) is 0 Å². The van der Waals surface area contributed by atoms with Crippen molar-refractivity contribution < 1.29 is 14.3 Å². The smallest absolute Gasteiger partial charge is 0.327 e. The first-order chi connectivity index (χ1) is 10.1. The van der Waals surface area contributed by atoms with Gasteiger partial charge in [-0.05, 0) is 30.0 Å². The molecule has 0 atom stereocenters. The molecule has 0 saturated carbocycles. The highest BCUT2D eigenvalue weighted by Crippen LogP contribution is 2.17. The molecule has 0 radical (unpaired) electrons. The number of nitrogens with zero attached hydrogens (tertiary/aromatic N) is 2. The Morgan fingerprint density at radius 1 is 1.52 bits per heavy atom. The number of aromatic nitrogens is 2. The van der Waals surface area contributed by atoms with Crippen LogP contribution in [0.1, 0.15) is 10.4 Å². The zero-order chi connectivity index (χ0) is 15.2. The number of amides is 1. The summed E-state index contributed by atoms with van der Waals surface area (Å²) >= 11 is 1.58. The van der Waals surface area contributed by atoms with E-state index in [-0.39, 0.29) is 12.5 Å². The van der Waals surface area contributed by atoms with Crippen LogP contribution in [0, 0.1) is 6.92 Å². The molecule has 2 rings (SSSR count). The van der Waals surface area contributed by atoms with Gasteiger partial charge in [0.25, 0.3) is 0 Å². The number of ether oxygens (including phenoxy) is 1. The number of rotatable bonds is 5. The van der Waals surface area contributed by atoms with Crippen molar-refractivity contribution in [1.82, 2.24) is 9.78 Å². The summed E-state index contributed by atoms with van der Waals surface area (Å²) in [5, 5.41) is 8.62. The van der Waals surface area contributed by atoms with Crippen LogP contribution in [-0.4, -0.2) is 28.8 Å². The predicted octanol–water partition coefficient (Wildman–Crippen LogP) is 2.08. The minimum absolute atomic E-state index is 0.0105. The summed E-state index contributed by atoms with van der Waals surface area (Å²) in [6, 6.07) is 2.00. The zero-order valence-electron chi connectivity index (χ0n) is 11.7. The highest BCUT2D eigenvalue weighted by Gasteiger charge is 2.05. The van der Waals surface area contributed by atoms with Crippen molar-refractivity contribution in [3.63, 3.8) is 0 Å². The average Bonchev–Trinajstić information content (AvgIpc) is 3.05. The maximum Gasteiger partial charge on any atom is 0.327 e. The number of hydrogen-bond donors (Lipinski definition) is 1. The van der Waals surface area contributed by atoms with Gasteiger partial charge in [0.15, 0.2) is 0 Å². The van der Waals surface area contributed by atoms with E-state index >= 15 is 0 Å². The molecular formula is C14H15N3O3S. The Morgan fingerprint density at radius 2 is 2.33 bits per heavy atom. The van der Waals surface area contributed by atoms with Gasteiger partial charge < -0.3 is 10.1 Å². The molecule has 2 aromatic rings. The lowest BCUT2D eigenvalue weighted by molar-refractivity contribution is -0.141. The molecule has 0 aromatic carbocycles. The highest BCUT2D eigenvalue weighted by atomic mass is 32.1. The normalized spacial score (nSPS) is 10.8. The number of aryl methyl sites for hydroxylation is 1. The molecule has 0 fully saturated rings. The van der Waals surface area contributed by atoms with Gasteiger partial charge >= 0.3 is 5.97 Å². The molecule has 7 heteroatoms. The second-order valence-corrected chi connectivity index (χ2v) is 5.24. The van der Waals surface area contributed by atoms with Crippen LogP contribution in [0.5, 0.6) is 0 Å². The van der Waals surface area contributed by atoms with Gasteiger partial charge in [-0.15, -0.1) is 11.3 Å². The first-order valence-corrected chi connectivity index (χ1v) is 7.09. The van der Waals surface area contributed by atoms with Gasteiger partial charge in [0.05, 0.1) is 19.0 Å². The number of nitrogens with one attached hydrogen (secondary N) is 1. The fourth-order valence-corrected chi connectivity index (χ4v) is 2.42. The Morgan fingerprint density at radius 3 is 3.00 bits per heavy atom. The second-order valence-electron chi connectivity index (χ2n) is 4.29. The van der Waals surface area contributed by atoms with E-state index in [0.717, 1.165) is 10.4 Å². The van der Waals surface area contributed by atoms with Gasteiger partial charge in [-0.2, -0.15) is 5.10 Å². The molecule has 0 aliphatic rings. The number of anilines is 1. The molecule has 110 valence electrons. The maximum absolute atomic E-state index is 11.8. The van der Waals surface area contributed by atoms with Crippen molar-refractivity contribution in [3.05, 3.63) is 40.4 Å². The molecule has 0 spiro atoms. The summed E-state index contributed by atoms with van der Waals surface area (Å²) in [5.41, 5.74) is 1.66. The molecule has 0 aliphatic carbocycles. The quantitative estimate of drug-likeness (QED) is 0.678. The summed E-state index contributed by atoms with van der Waals surface area (Å²) in [7, 11) is 1.31. The molecule has 0 aliphatic heterocycles. The van der Waals surface area contributed by atoms with Crippen molar-refractivity contribution >= 4 is 35.0 Å². The van der Waals surface area contributed by atoms with Gasteiger partial charge in [0, 0.05) is 17.2 Å².